The molecule has 0 bridgehead atoms. The second kappa shape index (κ2) is 9.31. The van der Waals surface area contributed by atoms with E-state index in [0.717, 1.165) is 39.8 Å². The number of anilines is 1. The van der Waals surface area contributed by atoms with E-state index in [0.29, 0.717) is 0 Å². The van der Waals surface area contributed by atoms with Crippen LogP contribution in [0.5, 0.6) is 0 Å². The molecule has 29 heavy (non-hydrogen) atoms. The molecule has 0 aliphatic rings. The molecule has 0 atom stereocenters. The number of benzene rings is 3. The maximum Gasteiger partial charge on any atom is 0.0671 e. The topological polar surface area (TPSA) is 66.7 Å². The van der Waals surface area contributed by atoms with Crippen molar-refractivity contribution in [2.45, 2.75) is 25.9 Å². The smallest absolute Gasteiger partial charge is 0.0671 e. The zero-order valence-corrected chi connectivity index (χ0v) is 18.1. The minimum absolute atomic E-state index is 0. The number of aromatic amines is 1. The third-order valence-corrected chi connectivity index (χ3v) is 4.88. The van der Waals surface area contributed by atoms with Crippen LogP contribution in [-0.2, 0) is 12.1 Å². The number of nitrogens with zero attached hydrogens (tertiary/aromatic N) is 1. The van der Waals surface area contributed by atoms with Gasteiger partial charge in [-0.3, -0.25) is 5.10 Å². The SMILES string of the molecule is CC(C)(N)c1ccc(-c2ccc3[nH]ncc3c2NCc2ccccc2)cc1.Cl.Cl. The molecule has 0 fully saturated rings. The van der Waals surface area contributed by atoms with Crippen LogP contribution in [0.15, 0.2) is 72.9 Å². The molecule has 0 aliphatic carbocycles. The molecular formula is C23H26Cl2N4. The number of aromatic nitrogens is 2. The van der Waals surface area contributed by atoms with Crippen molar-refractivity contribution in [2.75, 3.05) is 5.32 Å². The number of nitrogens with one attached hydrogen (secondary N) is 2. The molecule has 1 aromatic heterocycles. The zero-order chi connectivity index (χ0) is 18.9. The third-order valence-electron chi connectivity index (χ3n) is 4.88. The Balaban J connectivity index is 0.00000150. The van der Waals surface area contributed by atoms with Crippen LogP contribution < -0.4 is 11.1 Å². The lowest BCUT2D eigenvalue weighted by Crippen LogP contribution is -2.28. The van der Waals surface area contributed by atoms with Gasteiger partial charge in [-0.05, 0) is 36.6 Å². The van der Waals surface area contributed by atoms with Crippen molar-refractivity contribution >= 4 is 41.4 Å². The second-order valence-corrected chi connectivity index (χ2v) is 7.46. The lowest BCUT2D eigenvalue weighted by atomic mass is 9.93. The molecule has 0 unspecified atom stereocenters. The van der Waals surface area contributed by atoms with E-state index >= 15 is 0 Å². The van der Waals surface area contributed by atoms with Gasteiger partial charge < -0.3 is 11.1 Å². The third kappa shape index (κ3) is 4.91. The van der Waals surface area contributed by atoms with Gasteiger partial charge >= 0.3 is 0 Å². The Bertz CT molecular complexity index is 1050. The Morgan fingerprint density at radius 3 is 2.28 bits per heavy atom. The van der Waals surface area contributed by atoms with Crippen LogP contribution in [0.25, 0.3) is 22.0 Å². The zero-order valence-electron chi connectivity index (χ0n) is 16.5. The van der Waals surface area contributed by atoms with E-state index in [-0.39, 0.29) is 30.4 Å². The Labute approximate surface area is 183 Å². The quantitative estimate of drug-likeness (QED) is 0.371. The number of halogens is 2. The van der Waals surface area contributed by atoms with E-state index < -0.39 is 0 Å². The average molecular weight is 429 g/mol. The molecule has 4 aromatic rings. The van der Waals surface area contributed by atoms with Crippen molar-refractivity contribution in [3.63, 3.8) is 0 Å². The Kier molecular flexibility index (Phi) is 7.31. The van der Waals surface area contributed by atoms with Crippen LogP contribution in [0.3, 0.4) is 0 Å². The van der Waals surface area contributed by atoms with Crippen LogP contribution in [0, 0.1) is 0 Å². The number of nitrogens with two attached hydrogens (primary N) is 1. The Morgan fingerprint density at radius 2 is 1.62 bits per heavy atom. The summed E-state index contributed by atoms with van der Waals surface area (Å²) in [5, 5.41) is 12.0. The molecule has 0 radical (unpaired) electrons. The van der Waals surface area contributed by atoms with Gasteiger partial charge in [0, 0.05) is 23.0 Å². The summed E-state index contributed by atoms with van der Waals surface area (Å²) in [6.07, 6.45) is 1.88. The van der Waals surface area contributed by atoms with E-state index in [1.807, 2.05) is 26.1 Å². The molecule has 0 aliphatic heterocycles. The molecule has 0 saturated carbocycles. The molecule has 152 valence electrons. The highest BCUT2D eigenvalue weighted by Gasteiger charge is 2.15. The van der Waals surface area contributed by atoms with Gasteiger partial charge in [-0.2, -0.15) is 5.10 Å². The average Bonchev–Trinajstić information content (AvgIpc) is 3.15. The second-order valence-electron chi connectivity index (χ2n) is 7.46. The first-order valence-corrected chi connectivity index (χ1v) is 9.16. The largest absolute Gasteiger partial charge is 0.380 e. The lowest BCUT2D eigenvalue weighted by Gasteiger charge is -2.20. The minimum Gasteiger partial charge on any atom is -0.380 e. The van der Waals surface area contributed by atoms with E-state index in [2.05, 4.69) is 76.2 Å². The fourth-order valence-corrected chi connectivity index (χ4v) is 3.31. The normalized spacial score (nSPS) is 10.9. The highest BCUT2D eigenvalue weighted by atomic mass is 35.5. The first kappa shape index (κ1) is 22.8. The van der Waals surface area contributed by atoms with Crippen molar-refractivity contribution in [1.29, 1.82) is 0 Å². The van der Waals surface area contributed by atoms with Crippen molar-refractivity contribution in [1.82, 2.24) is 10.2 Å². The van der Waals surface area contributed by atoms with Crippen LogP contribution in [0.2, 0.25) is 0 Å². The Hall–Kier alpha value is -2.53. The molecule has 4 N–H and O–H groups in total. The van der Waals surface area contributed by atoms with E-state index in [1.54, 1.807) is 0 Å². The van der Waals surface area contributed by atoms with E-state index in [1.165, 1.54) is 5.56 Å². The lowest BCUT2D eigenvalue weighted by molar-refractivity contribution is 0.554. The van der Waals surface area contributed by atoms with Crippen molar-refractivity contribution < 1.29 is 0 Å². The van der Waals surface area contributed by atoms with E-state index in [4.69, 9.17) is 5.73 Å². The predicted octanol–water partition coefficient (Wildman–Crippen LogP) is 5.88. The molecule has 1 heterocycles. The number of hydrogen-bond donors (Lipinski definition) is 3. The van der Waals surface area contributed by atoms with Gasteiger partial charge in [-0.1, -0.05) is 60.7 Å². The summed E-state index contributed by atoms with van der Waals surface area (Å²) >= 11 is 0. The predicted molar refractivity (Wildman–Crippen MR) is 127 cm³/mol. The minimum atomic E-state index is -0.346. The fourth-order valence-electron chi connectivity index (χ4n) is 3.31. The van der Waals surface area contributed by atoms with Crippen LogP contribution in [-0.4, -0.2) is 10.2 Å². The summed E-state index contributed by atoms with van der Waals surface area (Å²) in [5.74, 6) is 0. The molecule has 0 saturated heterocycles. The molecule has 3 aromatic carbocycles. The summed E-state index contributed by atoms with van der Waals surface area (Å²) in [5.41, 5.74) is 12.7. The van der Waals surface area contributed by atoms with Crippen molar-refractivity contribution in [3.05, 3.63) is 84.1 Å². The van der Waals surface area contributed by atoms with Gasteiger partial charge in [0.1, 0.15) is 0 Å². The maximum atomic E-state index is 6.22. The fraction of sp³-hybridized carbons (Fsp3) is 0.174. The number of hydrogen-bond acceptors (Lipinski definition) is 3. The highest BCUT2D eigenvalue weighted by molar-refractivity contribution is 5.99. The van der Waals surface area contributed by atoms with Gasteiger partial charge in [0.2, 0.25) is 0 Å². The van der Waals surface area contributed by atoms with Crippen LogP contribution in [0.4, 0.5) is 5.69 Å². The van der Waals surface area contributed by atoms with E-state index in [9.17, 15) is 0 Å². The monoisotopic (exact) mass is 428 g/mol. The van der Waals surface area contributed by atoms with Gasteiger partial charge in [0.05, 0.1) is 17.4 Å². The van der Waals surface area contributed by atoms with Crippen LogP contribution in [0.1, 0.15) is 25.0 Å². The summed E-state index contributed by atoms with van der Waals surface area (Å²) in [6, 6.07) is 23.1. The van der Waals surface area contributed by atoms with Crippen LogP contribution >= 0.6 is 24.8 Å². The first-order chi connectivity index (χ1) is 13.0. The highest BCUT2D eigenvalue weighted by Crippen LogP contribution is 2.35. The van der Waals surface area contributed by atoms with Gasteiger partial charge in [0.25, 0.3) is 0 Å². The summed E-state index contributed by atoms with van der Waals surface area (Å²) in [4.78, 5) is 0. The summed E-state index contributed by atoms with van der Waals surface area (Å²) in [6.45, 7) is 4.80. The molecule has 6 heteroatoms. The summed E-state index contributed by atoms with van der Waals surface area (Å²) in [7, 11) is 0. The van der Waals surface area contributed by atoms with Crippen molar-refractivity contribution in [3.8, 4) is 11.1 Å². The maximum absolute atomic E-state index is 6.22. The molecule has 0 spiro atoms. The standard InChI is InChI=1S/C23H24N4.2ClH/c1-23(2,24)18-10-8-17(9-11-18)19-12-13-21-20(15-26-27-21)22(19)25-14-16-6-4-3-5-7-16;;/h3-13,15,25H,14,24H2,1-2H3,(H,26,27);2*1H. The molecular weight excluding hydrogens is 403 g/mol. The molecule has 0 amide bonds. The molecule has 4 nitrogen and oxygen atoms in total. The summed E-state index contributed by atoms with van der Waals surface area (Å²) < 4.78 is 0. The number of rotatable bonds is 5. The van der Waals surface area contributed by atoms with Gasteiger partial charge in [-0.15, -0.1) is 24.8 Å². The van der Waals surface area contributed by atoms with Gasteiger partial charge in [0.15, 0.2) is 0 Å². The van der Waals surface area contributed by atoms with Gasteiger partial charge in [-0.25, -0.2) is 0 Å². The first-order valence-electron chi connectivity index (χ1n) is 9.16. The Morgan fingerprint density at radius 1 is 0.931 bits per heavy atom. The van der Waals surface area contributed by atoms with Crippen molar-refractivity contribution in [2.24, 2.45) is 5.73 Å². The molecule has 4 rings (SSSR count). The number of H-pyrrole nitrogens is 1. The number of fused-ring (bicyclic) bond motifs is 1.